The number of fused-ring (bicyclic) bond motifs is 1. The van der Waals surface area contributed by atoms with Crippen LogP contribution in [0.3, 0.4) is 0 Å². The standard InChI is InChI=1S/C18H20N4O2/c1-4-24-17-13(6-5-7-16(17)23-3)11-19-22-18-20-14-9-8-12(2)10-15(14)21-18/h5-11H,4H2,1-3H3,(H2,20,21,22)/b19-11-. The maximum Gasteiger partial charge on any atom is 0.222 e. The van der Waals surface area contributed by atoms with Gasteiger partial charge in [-0.1, -0.05) is 12.1 Å². The smallest absolute Gasteiger partial charge is 0.222 e. The number of nitrogens with zero attached hydrogens (tertiary/aromatic N) is 2. The van der Waals surface area contributed by atoms with E-state index in [9.17, 15) is 0 Å². The minimum atomic E-state index is 0.553. The first kappa shape index (κ1) is 15.9. The zero-order valence-electron chi connectivity index (χ0n) is 14.0. The van der Waals surface area contributed by atoms with Gasteiger partial charge in [0.2, 0.25) is 5.95 Å². The van der Waals surface area contributed by atoms with Crippen molar-refractivity contribution in [1.29, 1.82) is 0 Å². The molecule has 0 aliphatic heterocycles. The van der Waals surface area contributed by atoms with Gasteiger partial charge in [-0.05, 0) is 43.7 Å². The summed E-state index contributed by atoms with van der Waals surface area (Å²) in [6, 6.07) is 11.7. The van der Waals surface area contributed by atoms with Gasteiger partial charge in [-0.25, -0.2) is 10.4 Å². The molecule has 0 aliphatic carbocycles. The number of hydrogen-bond donors (Lipinski definition) is 2. The number of rotatable bonds is 6. The Morgan fingerprint density at radius 2 is 2.17 bits per heavy atom. The van der Waals surface area contributed by atoms with Crippen molar-refractivity contribution in [1.82, 2.24) is 9.97 Å². The lowest BCUT2D eigenvalue weighted by atomic mass is 10.2. The molecule has 1 aromatic heterocycles. The van der Waals surface area contributed by atoms with E-state index in [1.54, 1.807) is 13.3 Å². The fourth-order valence-electron chi connectivity index (χ4n) is 2.43. The monoisotopic (exact) mass is 324 g/mol. The molecule has 0 atom stereocenters. The normalized spacial score (nSPS) is 11.1. The van der Waals surface area contributed by atoms with Crippen LogP contribution >= 0.6 is 0 Å². The van der Waals surface area contributed by atoms with Crippen molar-refractivity contribution in [3.8, 4) is 11.5 Å². The van der Waals surface area contributed by atoms with Crippen LogP contribution in [-0.4, -0.2) is 29.9 Å². The van der Waals surface area contributed by atoms with Crippen LogP contribution in [0, 0.1) is 6.92 Å². The Balaban J connectivity index is 1.80. The molecule has 0 saturated carbocycles. The van der Waals surface area contributed by atoms with Crippen molar-refractivity contribution < 1.29 is 9.47 Å². The van der Waals surface area contributed by atoms with E-state index in [4.69, 9.17) is 9.47 Å². The first-order valence-electron chi connectivity index (χ1n) is 7.76. The van der Waals surface area contributed by atoms with E-state index in [-0.39, 0.29) is 0 Å². The summed E-state index contributed by atoms with van der Waals surface area (Å²) < 4.78 is 11.0. The molecule has 2 aromatic carbocycles. The zero-order chi connectivity index (χ0) is 16.9. The van der Waals surface area contributed by atoms with Gasteiger partial charge < -0.3 is 14.5 Å². The Kier molecular flexibility index (Phi) is 4.65. The second kappa shape index (κ2) is 7.04. The van der Waals surface area contributed by atoms with Crippen molar-refractivity contribution in [3.05, 3.63) is 47.5 Å². The van der Waals surface area contributed by atoms with Crippen LogP contribution in [0.1, 0.15) is 18.1 Å². The molecule has 6 heteroatoms. The third-order valence-electron chi connectivity index (χ3n) is 3.53. The highest BCUT2D eigenvalue weighted by atomic mass is 16.5. The number of methoxy groups -OCH3 is 1. The minimum absolute atomic E-state index is 0.553. The largest absolute Gasteiger partial charge is 0.493 e. The lowest BCUT2D eigenvalue weighted by molar-refractivity contribution is 0.310. The molecule has 0 saturated heterocycles. The Hall–Kier alpha value is -3.02. The highest BCUT2D eigenvalue weighted by Crippen LogP contribution is 2.30. The fraction of sp³-hybridized carbons (Fsp3) is 0.222. The number of hydrogen-bond acceptors (Lipinski definition) is 5. The van der Waals surface area contributed by atoms with Crippen molar-refractivity contribution >= 4 is 23.2 Å². The number of H-pyrrole nitrogens is 1. The Morgan fingerprint density at radius 1 is 1.29 bits per heavy atom. The Morgan fingerprint density at radius 3 is 2.96 bits per heavy atom. The van der Waals surface area contributed by atoms with E-state index in [2.05, 4.69) is 20.5 Å². The number of imidazole rings is 1. The molecular weight excluding hydrogens is 304 g/mol. The number of aromatic amines is 1. The second-order valence-corrected chi connectivity index (χ2v) is 5.29. The lowest BCUT2D eigenvalue weighted by Gasteiger charge is -2.11. The number of aromatic nitrogens is 2. The maximum atomic E-state index is 5.66. The molecule has 1 heterocycles. The molecule has 0 fully saturated rings. The van der Waals surface area contributed by atoms with Gasteiger partial charge in [0, 0.05) is 5.56 Å². The number of benzene rings is 2. The van der Waals surface area contributed by atoms with Gasteiger partial charge >= 0.3 is 0 Å². The Bertz CT molecular complexity index is 871. The van der Waals surface area contributed by atoms with Crippen LogP contribution in [0.15, 0.2) is 41.5 Å². The zero-order valence-corrected chi connectivity index (χ0v) is 14.0. The molecule has 2 N–H and O–H groups in total. The first-order chi connectivity index (χ1) is 11.7. The lowest BCUT2D eigenvalue weighted by Crippen LogP contribution is -2.00. The summed E-state index contributed by atoms with van der Waals surface area (Å²) in [5.41, 5.74) is 6.80. The highest BCUT2D eigenvalue weighted by molar-refractivity contribution is 5.85. The van der Waals surface area contributed by atoms with Gasteiger partial charge in [0.05, 0.1) is 31.0 Å². The molecule has 3 aromatic rings. The number of ether oxygens (including phenoxy) is 2. The van der Waals surface area contributed by atoms with E-state index >= 15 is 0 Å². The summed E-state index contributed by atoms with van der Waals surface area (Å²) >= 11 is 0. The van der Waals surface area contributed by atoms with Crippen LogP contribution in [0.4, 0.5) is 5.95 Å². The molecule has 0 unspecified atom stereocenters. The van der Waals surface area contributed by atoms with E-state index in [1.165, 1.54) is 5.56 Å². The molecule has 0 radical (unpaired) electrons. The number of aryl methyl sites for hydroxylation is 1. The molecular formula is C18H20N4O2. The van der Waals surface area contributed by atoms with Gasteiger partial charge in [0.15, 0.2) is 11.5 Å². The van der Waals surface area contributed by atoms with Crippen molar-refractivity contribution in [2.45, 2.75) is 13.8 Å². The number of hydrazone groups is 1. The van der Waals surface area contributed by atoms with E-state index < -0.39 is 0 Å². The van der Waals surface area contributed by atoms with Crippen LogP contribution in [0.2, 0.25) is 0 Å². The molecule has 0 bridgehead atoms. The van der Waals surface area contributed by atoms with Crippen molar-refractivity contribution in [2.24, 2.45) is 5.10 Å². The van der Waals surface area contributed by atoms with Crippen LogP contribution in [0.25, 0.3) is 11.0 Å². The van der Waals surface area contributed by atoms with Crippen LogP contribution < -0.4 is 14.9 Å². The summed E-state index contributed by atoms with van der Waals surface area (Å²) in [6.45, 7) is 4.53. The first-order valence-corrected chi connectivity index (χ1v) is 7.76. The highest BCUT2D eigenvalue weighted by Gasteiger charge is 2.08. The molecule has 24 heavy (non-hydrogen) atoms. The molecule has 0 spiro atoms. The van der Waals surface area contributed by atoms with E-state index in [0.717, 1.165) is 16.6 Å². The summed E-state index contributed by atoms with van der Waals surface area (Å²) in [6.07, 6.45) is 1.69. The van der Waals surface area contributed by atoms with Gasteiger partial charge in [0.25, 0.3) is 0 Å². The van der Waals surface area contributed by atoms with Gasteiger partial charge in [-0.3, -0.25) is 0 Å². The third kappa shape index (κ3) is 3.32. The molecule has 0 aliphatic rings. The molecule has 3 rings (SSSR count). The summed E-state index contributed by atoms with van der Waals surface area (Å²) in [4.78, 5) is 7.63. The van der Waals surface area contributed by atoms with Gasteiger partial charge in [-0.15, -0.1) is 0 Å². The van der Waals surface area contributed by atoms with E-state index in [0.29, 0.717) is 24.1 Å². The summed E-state index contributed by atoms with van der Waals surface area (Å²) in [5.74, 6) is 1.95. The predicted octanol–water partition coefficient (Wildman–Crippen LogP) is 3.72. The second-order valence-electron chi connectivity index (χ2n) is 5.29. The number of anilines is 1. The SMILES string of the molecule is CCOc1c(/C=N\Nc2nc3ccc(C)cc3[nH]2)cccc1OC. The van der Waals surface area contributed by atoms with Gasteiger partial charge in [-0.2, -0.15) is 5.10 Å². The average Bonchev–Trinajstić information content (AvgIpc) is 2.98. The molecule has 0 amide bonds. The van der Waals surface area contributed by atoms with Crippen molar-refractivity contribution in [2.75, 3.05) is 19.1 Å². The Labute approximate surface area is 140 Å². The van der Waals surface area contributed by atoms with Crippen molar-refractivity contribution in [3.63, 3.8) is 0 Å². The quantitative estimate of drug-likeness (QED) is 0.535. The van der Waals surface area contributed by atoms with Crippen LogP contribution in [0.5, 0.6) is 11.5 Å². The summed E-state index contributed by atoms with van der Waals surface area (Å²) in [7, 11) is 1.62. The third-order valence-corrected chi connectivity index (χ3v) is 3.53. The minimum Gasteiger partial charge on any atom is -0.493 e. The predicted molar refractivity (Wildman–Crippen MR) is 96.2 cm³/mol. The molecule has 124 valence electrons. The molecule has 6 nitrogen and oxygen atoms in total. The number of nitrogens with one attached hydrogen (secondary N) is 2. The maximum absolute atomic E-state index is 5.66. The average molecular weight is 324 g/mol. The summed E-state index contributed by atoms with van der Waals surface area (Å²) in [5, 5.41) is 4.24. The number of para-hydroxylation sites is 1. The topological polar surface area (TPSA) is 71.5 Å². The fourth-order valence-corrected chi connectivity index (χ4v) is 2.43. The van der Waals surface area contributed by atoms with Crippen LogP contribution in [-0.2, 0) is 0 Å². The van der Waals surface area contributed by atoms with Gasteiger partial charge in [0.1, 0.15) is 0 Å². The van der Waals surface area contributed by atoms with E-state index in [1.807, 2.05) is 50.2 Å².